The molecule has 0 aliphatic heterocycles. The van der Waals surface area contributed by atoms with Crippen molar-refractivity contribution in [3.8, 4) is 6.07 Å². The molecule has 108 valence electrons. The summed E-state index contributed by atoms with van der Waals surface area (Å²) in [7, 11) is 0. The molecule has 0 aliphatic carbocycles. The summed E-state index contributed by atoms with van der Waals surface area (Å²) in [5.74, 6) is -0.862. The second-order valence-corrected chi connectivity index (χ2v) is 5.17. The molecule has 0 bridgehead atoms. The van der Waals surface area contributed by atoms with E-state index in [0.29, 0.717) is 13.0 Å². The van der Waals surface area contributed by atoms with Gasteiger partial charge in [0.05, 0.1) is 12.5 Å². The van der Waals surface area contributed by atoms with Crippen molar-refractivity contribution in [2.45, 2.75) is 52.6 Å². The molecule has 0 saturated carbocycles. The molecule has 2 N–H and O–H groups in total. The van der Waals surface area contributed by atoms with Gasteiger partial charge >= 0.3 is 12.0 Å². The standard InChI is InChI=1S/C13H23N3O3/c1-9(2)8-11(12(17)18)15-13(19)16(10(3)4)7-5-6-14/h9-11H,5,7-8H2,1-4H3,(H,15,19)(H,17,18). The molecule has 0 aromatic heterocycles. The van der Waals surface area contributed by atoms with Crippen molar-refractivity contribution in [2.24, 2.45) is 5.92 Å². The average molecular weight is 269 g/mol. The first-order valence-corrected chi connectivity index (χ1v) is 6.46. The topological polar surface area (TPSA) is 93.4 Å². The molecule has 0 rings (SSSR count). The van der Waals surface area contributed by atoms with E-state index in [4.69, 9.17) is 10.4 Å². The van der Waals surface area contributed by atoms with Crippen molar-refractivity contribution < 1.29 is 14.7 Å². The Morgan fingerprint density at radius 2 is 1.89 bits per heavy atom. The second kappa shape index (κ2) is 8.35. The maximum atomic E-state index is 12.0. The second-order valence-electron chi connectivity index (χ2n) is 5.17. The molecular weight excluding hydrogens is 246 g/mol. The van der Waals surface area contributed by atoms with Gasteiger partial charge < -0.3 is 15.3 Å². The van der Waals surface area contributed by atoms with Crippen molar-refractivity contribution in [1.82, 2.24) is 10.2 Å². The number of carbonyl (C=O) groups is 2. The van der Waals surface area contributed by atoms with Crippen LogP contribution in [0, 0.1) is 17.2 Å². The van der Waals surface area contributed by atoms with E-state index in [0.717, 1.165) is 0 Å². The van der Waals surface area contributed by atoms with Gasteiger partial charge in [-0.05, 0) is 26.2 Å². The lowest BCUT2D eigenvalue weighted by molar-refractivity contribution is -0.139. The van der Waals surface area contributed by atoms with Gasteiger partial charge in [-0.15, -0.1) is 0 Å². The Hall–Kier alpha value is -1.77. The largest absolute Gasteiger partial charge is 0.480 e. The number of nitrogens with zero attached hydrogens (tertiary/aromatic N) is 2. The number of hydrogen-bond donors (Lipinski definition) is 2. The average Bonchev–Trinajstić information content (AvgIpc) is 2.27. The molecule has 0 radical (unpaired) electrons. The van der Waals surface area contributed by atoms with Crippen molar-refractivity contribution >= 4 is 12.0 Å². The minimum absolute atomic E-state index is 0.0816. The summed E-state index contributed by atoms with van der Waals surface area (Å²) in [6.45, 7) is 7.76. The number of carboxylic acids is 1. The summed E-state index contributed by atoms with van der Waals surface area (Å²) < 4.78 is 0. The predicted octanol–water partition coefficient (Wildman–Crippen LogP) is 1.82. The van der Waals surface area contributed by atoms with Crippen molar-refractivity contribution in [2.75, 3.05) is 6.54 Å². The van der Waals surface area contributed by atoms with Gasteiger partial charge in [0.1, 0.15) is 6.04 Å². The van der Waals surface area contributed by atoms with Crippen LogP contribution in [0.3, 0.4) is 0 Å². The Morgan fingerprint density at radius 1 is 1.32 bits per heavy atom. The van der Waals surface area contributed by atoms with Crippen LogP contribution in [0.4, 0.5) is 4.79 Å². The van der Waals surface area contributed by atoms with Crippen molar-refractivity contribution in [3.05, 3.63) is 0 Å². The molecule has 0 fully saturated rings. The van der Waals surface area contributed by atoms with Gasteiger partial charge in [0.2, 0.25) is 0 Å². The van der Waals surface area contributed by atoms with Crippen LogP contribution in [0.5, 0.6) is 0 Å². The summed E-state index contributed by atoms with van der Waals surface area (Å²) >= 11 is 0. The number of carbonyl (C=O) groups excluding carboxylic acids is 1. The van der Waals surface area contributed by atoms with Gasteiger partial charge in [-0.3, -0.25) is 0 Å². The summed E-state index contributed by atoms with van der Waals surface area (Å²) in [5, 5.41) is 20.2. The molecule has 19 heavy (non-hydrogen) atoms. The fraction of sp³-hybridized carbons (Fsp3) is 0.769. The van der Waals surface area contributed by atoms with Crippen molar-refractivity contribution in [3.63, 3.8) is 0 Å². The van der Waals surface area contributed by atoms with Gasteiger partial charge in [0, 0.05) is 12.6 Å². The van der Waals surface area contributed by atoms with E-state index < -0.39 is 18.0 Å². The van der Waals surface area contributed by atoms with Crippen LogP contribution < -0.4 is 5.32 Å². The van der Waals surface area contributed by atoms with Crippen LogP contribution >= 0.6 is 0 Å². The first-order valence-electron chi connectivity index (χ1n) is 6.46. The molecule has 0 aromatic rings. The molecule has 6 nitrogen and oxygen atoms in total. The van der Waals surface area contributed by atoms with Crippen molar-refractivity contribution in [1.29, 1.82) is 5.26 Å². The highest BCUT2D eigenvalue weighted by Crippen LogP contribution is 2.07. The molecule has 0 heterocycles. The van der Waals surface area contributed by atoms with Gasteiger partial charge in [-0.25, -0.2) is 9.59 Å². The zero-order valence-electron chi connectivity index (χ0n) is 12.0. The van der Waals surface area contributed by atoms with E-state index in [2.05, 4.69) is 5.32 Å². The summed E-state index contributed by atoms with van der Waals surface area (Å²) in [6.07, 6.45) is 0.610. The summed E-state index contributed by atoms with van der Waals surface area (Å²) in [4.78, 5) is 24.6. The van der Waals surface area contributed by atoms with Crippen LogP contribution in [-0.2, 0) is 4.79 Å². The fourth-order valence-electron chi connectivity index (χ4n) is 1.69. The molecule has 2 amide bonds. The minimum atomic E-state index is -1.04. The normalized spacial score (nSPS) is 12.1. The van der Waals surface area contributed by atoms with E-state index in [1.54, 1.807) is 0 Å². The van der Waals surface area contributed by atoms with Crippen LogP contribution in [0.15, 0.2) is 0 Å². The lowest BCUT2D eigenvalue weighted by Gasteiger charge is -2.28. The Balaban J connectivity index is 4.66. The minimum Gasteiger partial charge on any atom is -0.480 e. The summed E-state index contributed by atoms with van der Waals surface area (Å²) in [6, 6.07) is 0.572. The number of nitriles is 1. The molecule has 0 saturated heterocycles. The monoisotopic (exact) mass is 269 g/mol. The van der Waals surface area contributed by atoms with Crippen LogP contribution in [0.25, 0.3) is 0 Å². The number of urea groups is 1. The van der Waals surface area contributed by atoms with Crippen LogP contribution in [0.2, 0.25) is 0 Å². The maximum Gasteiger partial charge on any atom is 0.326 e. The molecule has 0 aromatic carbocycles. The zero-order chi connectivity index (χ0) is 15.0. The highest BCUT2D eigenvalue weighted by molar-refractivity contribution is 5.82. The fourth-order valence-corrected chi connectivity index (χ4v) is 1.69. The van der Waals surface area contributed by atoms with E-state index in [1.807, 2.05) is 33.8 Å². The maximum absolute atomic E-state index is 12.0. The lowest BCUT2D eigenvalue weighted by Crippen LogP contribution is -2.50. The first kappa shape index (κ1) is 17.2. The number of aliphatic carboxylic acids is 1. The molecule has 1 unspecified atom stereocenters. The third kappa shape index (κ3) is 6.65. The number of carboxylic acid groups (broad SMARTS) is 1. The van der Waals surface area contributed by atoms with E-state index in [9.17, 15) is 9.59 Å². The SMILES string of the molecule is CC(C)CC(NC(=O)N(CCC#N)C(C)C)C(=O)O. The van der Waals surface area contributed by atoms with E-state index in [1.165, 1.54) is 4.90 Å². The van der Waals surface area contributed by atoms with Gasteiger partial charge in [-0.2, -0.15) is 5.26 Å². The third-order valence-corrected chi connectivity index (χ3v) is 2.65. The smallest absolute Gasteiger partial charge is 0.326 e. The van der Waals surface area contributed by atoms with Gasteiger partial charge in [0.25, 0.3) is 0 Å². The van der Waals surface area contributed by atoms with Crippen LogP contribution in [-0.4, -0.2) is 40.6 Å². The number of rotatable bonds is 7. The number of hydrogen-bond acceptors (Lipinski definition) is 3. The molecular formula is C13H23N3O3. The zero-order valence-corrected chi connectivity index (χ0v) is 12.0. The molecule has 0 aliphatic rings. The Morgan fingerprint density at radius 3 is 2.26 bits per heavy atom. The van der Waals surface area contributed by atoms with Crippen LogP contribution in [0.1, 0.15) is 40.5 Å². The lowest BCUT2D eigenvalue weighted by atomic mass is 10.0. The Bertz CT molecular complexity index is 348. The molecule has 1 atom stereocenters. The Kier molecular flexibility index (Phi) is 7.57. The third-order valence-electron chi connectivity index (χ3n) is 2.65. The first-order chi connectivity index (χ1) is 8.79. The van der Waals surface area contributed by atoms with Gasteiger partial charge in [-0.1, -0.05) is 13.8 Å². The highest BCUT2D eigenvalue weighted by Gasteiger charge is 2.24. The quantitative estimate of drug-likeness (QED) is 0.737. The van der Waals surface area contributed by atoms with E-state index in [-0.39, 0.29) is 18.4 Å². The van der Waals surface area contributed by atoms with E-state index >= 15 is 0 Å². The number of amides is 2. The molecule has 0 spiro atoms. The summed E-state index contributed by atoms with van der Waals surface area (Å²) in [5.41, 5.74) is 0. The predicted molar refractivity (Wildman–Crippen MR) is 71.5 cm³/mol. The number of nitrogens with one attached hydrogen (secondary N) is 1. The molecule has 6 heteroatoms. The van der Waals surface area contributed by atoms with Gasteiger partial charge in [0.15, 0.2) is 0 Å². The Labute approximate surface area is 114 Å². The highest BCUT2D eigenvalue weighted by atomic mass is 16.4.